The first-order valence-corrected chi connectivity index (χ1v) is 7.83. The van der Waals surface area contributed by atoms with Crippen LogP contribution < -0.4 is 5.73 Å². The Kier molecular flexibility index (Phi) is 4.36. The van der Waals surface area contributed by atoms with Crippen molar-refractivity contribution in [3.63, 3.8) is 0 Å². The average Bonchev–Trinajstić information content (AvgIpc) is 3.26. The van der Waals surface area contributed by atoms with Gasteiger partial charge in [0, 0.05) is 25.3 Å². The molecule has 2 N–H and O–H groups in total. The van der Waals surface area contributed by atoms with Crippen molar-refractivity contribution in [3.05, 3.63) is 54.1 Å². The van der Waals surface area contributed by atoms with Gasteiger partial charge in [-0.05, 0) is 24.9 Å². The first-order valence-electron chi connectivity index (χ1n) is 7.83. The third kappa shape index (κ3) is 3.17. The van der Waals surface area contributed by atoms with Crippen molar-refractivity contribution >= 4 is 0 Å². The molecule has 21 heavy (non-hydrogen) atoms. The van der Waals surface area contributed by atoms with Crippen molar-refractivity contribution in [1.82, 2.24) is 14.5 Å². The standard InChI is InChI=1S/C17H24N4/c1-2-20(12-14-6-4-3-5-7-14)16(10-18)17-11-19-13-21(17)15-8-9-15/h3-7,11,13,15-16H,2,8-10,12,18H2,1H3. The summed E-state index contributed by atoms with van der Waals surface area (Å²) >= 11 is 0. The number of nitrogens with two attached hydrogens (primary N) is 1. The highest BCUT2D eigenvalue weighted by atomic mass is 15.2. The monoisotopic (exact) mass is 284 g/mol. The Hall–Kier alpha value is -1.65. The van der Waals surface area contributed by atoms with Crippen LogP contribution in [0.5, 0.6) is 0 Å². The highest BCUT2D eigenvalue weighted by Gasteiger charge is 2.29. The molecule has 2 aromatic rings. The number of benzene rings is 1. The van der Waals surface area contributed by atoms with Gasteiger partial charge in [-0.15, -0.1) is 0 Å². The molecule has 1 fully saturated rings. The van der Waals surface area contributed by atoms with Crippen molar-refractivity contribution in [2.75, 3.05) is 13.1 Å². The first-order chi connectivity index (χ1) is 10.3. The summed E-state index contributed by atoms with van der Waals surface area (Å²) in [6, 6.07) is 11.5. The van der Waals surface area contributed by atoms with E-state index in [4.69, 9.17) is 5.73 Å². The van der Waals surface area contributed by atoms with Crippen LogP contribution in [0.4, 0.5) is 0 Å². The SMILES string of the molecule is CCN(Cc1ccccc1)C(CN)c1cncn1C1CC1. The maximum Gasteiger partial charge on any atom is 0.0951 e. The molecule has 0 radical (unpaired) electrons. The lowest BCUT2D eigenvalue weighted by Crippen LogP contribution is -2.34. The number of hydrogen-bond acceptors (Lipinski definition) is 3. The minimum atomic E-state index is 0.235. The van der Waals surface area contributed by atoms with Gasteiger partial charge in [0.05, 0.1) is 18.1 Å². The molecule has 0 amide bonds. The molecule has 1 aromatic heterocycles. The largest absolute Gasteiger partial charge is 0.330 e. The Bertz CT molecular complexity index is 559. The van der Waals surface area contributed by atoms with E-state index >= 15 is 0 Å². The summed E-state index contributed by atoms with van der Waals surface area (Å²) < 4.78 is 2.32. The molecular weight excluding hydrogens is 260 g/mol. The molecular formula is C17H24N4. The van der Waals surface area contributed by atoms with Gasteiger partial charge in [-0.1, -0.05) is 37.3 Å². The fourth-order valence-electron chi connectivity index (χ4n) is 2.95. The van der Waals surface area contributed by atoms with Gasteiger partial charge in [-0.3, -0.25) is 4.90 Å². The van der Waals surface area contributed by atoms with Crippen LogP contribution in [-0.4, -0.2) is 27.5 Å². The van der Waals surface area contributed by atoms with Gasteiger partial charge >= 0.3 is 0 Å². The van der Waals surface area contributed by atoms with Crippen molar-refractivity contribution in [3.8, 4) is 0 Å². The Morgan fingerprint density at radius 2 is 2.10 bits per heavy atom. The molecule has 1 unspecified atom stereocenters. The summed E-state index contributed by atoms with van der Waals surface area (Å²) in [7, 11) is 0. The lowest BCUT2D eigenvalue weighted by Gasteiger charge is -2.30. The van der Waals surface area contributed by atoms with Gasteiger partial charge in [0.1, 0.15) is 0 Å². The van der Waals surface area contributed by atoms with Gasteiger partial charge in [-0.25, -0.2) is 4.98 Å². The average molecular weight is 284 g/mol. The van der Waals surface area contributed by atoms with Crippen LogP contribution in [-0.2, 0) is 6.54 Å². The Morgan fingerprint density at radius 1 is 1.33 bits per heavy atom. The van der Waals surface area contributed by atoms with E-state index in [1.54, 1.807) is 0 Å². The molecule has 1 aliphatic carbocycles. The molecule has 0 bridgehead atoms. The Balaban J connectivity index is 1.81. The van der Waals surface area contributed by atoms with Crippen LogP contribution in [0.25, 0.3) is 0 Å². The normalized spacial score (nSPS) is 16.3. The molecule has 112 valence electrons. The predicted octanol–water partition coefficient (Wildman–Crippen LogP) is 2.74. The minimum absolute atomic E-state index is 0.235. The summed E-state index contributed by atoms with van der Waals surface area (Å²) in [4.78, 5) is 6.79. The highest BCUT2D eigenvalue weighted by Crippen LogP contribution is 2.37. The quantitative estimate of drug-likeness (QED) is 0.850. The number of hydrogen-bond donors (Lipinski definition) is 1. The summed E-state index contributed by atoms with van der Waals surface area (Å²) in [5, 5.41) is 0. The highest BCUT2D eigenvalue weighted by molar-refractivity contribution is 5.16. The zero-order valence-corrected chi connectivity index (χ0v) is 12.7. The maximum absolute atomic E-state index is 6.10. The van der Waals surface area contributed by atoms with E-state index in [0.717, 1.165) is 13.1 Å². The van der Waals surface area contributed by atoms with E-state index in [1.165, 1.54) is 24.1 Å². The van der Waals surface area contributed by atoms with E-state index in [9.17, 15) is 0 Å². The first kappa shape index (κ1) is 14.3. The number of rotatable bonds is 7. The molecule has 1 heterocycles. The van der Waals surface area contributed by atoms with E-state index in [1.807, 2.05) is 12.5 Å². The lowest BCUT2D eigenvalue weighted by molar-refractivity contribution is 0.195. The number of imidazole rings is 1. The molecule has 3 rings (SSSR count). The van der Waals surface area contributed by atoms with E-state index in [0.29, 0.717) is 12.6 Å². The molecule has 0 spiro atoms. The molecule has 1 aliphatic rings. The molecule has 4 heteroatoms. The molecule has 0 saturated heterocycles. The van der Waals surface area contributed by atoms with Crippen molar-refractivity contribution in [2.45, 2.75) is 38.4 Å². The van der Waals surface area contributed by atoms with Crippen LogP contribution in [0.15, 0.2) is 42.9 Å². The van der Waals surface area contributed by atoms with Gasteiger partial charge in [0.25, 0.3) is 0 Å². The molecule has 4 nitrogen and oxygen atoms in total. The predicted molar refractivity (Wildman–Crippen MR) is 84.8 cm³/mol. The van der Waals surface area contributed by atoms with E-state index < -0.39 is 0 Å². The Labute approximate surface area is 126 Å². The van der Waals surface area contributed by atoms with Crippen LogP contribution in [0.3, 0.4) is 0 Å². The van der Waals surface area contributed by atoms with Crippen LogP contribution >= 0.6 is 0 Å². The van der Waals surface area contributed by atoms with Crippen molar-refractivity contribution < 1.29 is 0 Å². The Morgan fingerprint density at radius 3 is 2.71 bits per heavy atom. The smallest absolute Gasteiger partial charge is 0.0951 e. The van der Waals surface area contributed by atoms with E-state index in [-0.39, 0.29) is 6.04 Å². The minimum Gasteiger partial charge on any atom is -0.330 e. The fourth-order valence-corrected chi connectivity index (χ4v) is 2.95. The molecule has 1 aromatic carbocycles. The topological polar surface area (TPSA) is 47.1 Å². The van der Waals surface area contributed by atoms with Crippen LogP contribution in [0.1, 0.15) is 43.1 Å². The number of likely N-dealkylation sites (N-methyl/N-ethyl adjacent to an activating group) is 1. The summed E-state index contributed by atoms with van der Waals surface area (Å²) in [6.45, 7) is 4.73. The summed E-state index contributed by atoms with van der Waals surface area (Å²) in [6.07, 6.45) is 6.49. The van der Waals surface area contributed by atoms with Crippen molar-refractivity contribution in [2.24, 2.45) is 5.73 Å². The van der Waals surface area contributed by atoms with Gasteiger partial charge in [0.15, 0.2) is 0 Å². The fraction of sp³-hybridized carbons (Fsp3) is 0.471. The van der Waals surface area contributed by atoms with Crippen molar-refractivity contribution in [1.29, 1.82) is 0 Å². The second kappa shape index (κ2) is 6.41. The molecule has 1 saturated carbocycles. The zero-order valence-electron chi connectivity index (χ0n) is 12.7. The lowest BCUT2D eigenvalue weighted by atomic mass is 10.1. The van der Waals surface area contributed by atoms with Gasteiger partial charge in [-0.2, -0.15) is 0 Å². The second-order valence-electron chi connectivity index (χ2n) is 5.76. The third-order valence-corrected chi connectivity index (χ3v) is 4.28. The van der Waals surface area contributed by atoms with Gasteiger partial charge in [0.2, 0.25) is 0 Å². The summed E-state index contributed by atoms with van der Waals surface area (Å²) in [5.41, 5.74) is 8.69. The van der Waals surface area contributed by atoms with E-state index in [2.05, 4.69) is 51.7 Å². The summed E-state index contributed by atoms with van der Waals surface area (Å²) in [5.74, 6) is 0. The number of nitrogens with zero attached hydrogens (tertiary/aromatic N) is 3. The molecule has 1 atom stereocenters. The third-order valence-electron chi connectivity index (χ3n) is 4.28. The van der Waals surface area contributed by atoms with Gasteiger partial charge < -0.3 is 10.3 Å². The zero-order chi connectivity index (χ0) is 14.7. The van der Waals surface area contributed by atoms with Crippen LogP contribution in [0.2, 0.25) is 0 Å². The molecule has 0 aliphatic heterocycles. The number of aromatic nitrogens is 2. The van der Waals surface area contributed by atoms with Crippen LogP contribution in [0, 0.1) is 0 Å². The maximum atomic E-state index is 6.10. The second-order valence-corrected chi connectivity index (χ2v) is 5.76.